The van der Waals surface area contributed by atoms with Crippen molar-refractivity contribution >= 4 is 11.9 Å². The van der Waals surface area contributed by atoms with E-state index >= 15 is 0 Å². The highest BCUT2D eigenvalue weighted by molar-refractivity contribution is 5.82. The van der Waals surface area contributed by atoms with Crippen molar-refractivity contribution in [3.05, 3.63) is 0 Å². The molecule has 0 fully saturated rings. The van der Waals surface area contributed by atoms with Crippen LogP contribution in [0.5, 0.6) is 0 Å². The van der Waals surface area contributed by atoms with Crippen molar-refractivity contribution in [1.82, 2.24) is 4.90 Å². The third-order valence-electron chi connectivity index (χ3n) is 3.06. The van der Waals surface area contributed by atoms with Crippen molar-refractivity contribution < 1.29 is 14.7 Å². The fraction of sp³-hybridized carbons (Fsp3) is 0.857. The summed E-state index contributed by atoms with van der Waals surface area (Å²) in [6.07, 6.45) is 1.67. The summed E-state index contributed by atoms with van der Waals surface area (Å²) in [5.74, 6) is -1.16. The van der Waals surface area contributed by atoms with Gasteiger partial charge >= 0.3 is 5.97 Å². The van der Waals surface area contributed by atoms with E-state index in [1.165, 1.54) is 4.90 Å². The first kappa shape index (κ1) is 17.9. The molecule has 0 rings (SSSR count). The first-order valence-corrected chi connectivity index (χ1v) is 6.83. The molecule has 1 amide bonds. The van der Waals surface area contributed by atoms with E-state index in [0.717, 1.165) is 12.8 Å². The van der Waals surface area contributed by atoms with Gasteiger partial charge in [-0.25, -0.2) is 0 Å². The number of carbonyl (C=O) groups excluding carboxylic acids is 1. The number of amides is 1. The van der Waals surface area contributed by atoms with E-state index in [1.807, 2.05) is 13.8 Å². The zero-order valence-electron chi connectivity index (χ0n) is 12.8. The van der Waals surface area contributed by atoms with Crippen LogP contribution in [-0.4, -0.2) is 40.5 Å². The first-order valence-electron chi connectivity index (χ1n) is 6.83. The minimum Gasteiger partial charge on any atom is -0.480 e. The number of carbonyl (C=O) groups is 2. The maximum absolute atomic E-state index is 12.2. The number of nitrogens with zero attached hydrogens (tertiary/aromatic N) is 1. The standard InChI is InChI=1S/C14H28N2O3/c1-6-10(2)16(9-13(18)19)12(17)7-11(15)8-14(3,4)5/h10-11H,6-9,15H2,1-5H3,(H,18,19). The summed E-state index contributed by atoms with van der Waals surface area (Å²) in [6.45, 7) is 9.75. The van der Waals surface area contributed by atoms with Crippen molar-refractivity contribution in [3.63, 3.8) is 0 Å². The molecule has 0 aromatic rings. The summed E-state index contributed by atoms with van der Waals surface area (Å²) >= 11 is 0. The Hall–Kier alpha value is -1.10. The molecule has 0 aliphatic carbocycles. The average molecular weight is 272 g/mol. The zero-order chi connectivity index (χ0) is 15.2. The maximum Gasteiger partial charge on any atom is 0.323 e. The summed E-state index contributed by atoms with van der Waals surface area (Å²) in [4.78, 5) is 24.4. The van der Waals surface area contributed by atoms with Crippen LogP contribution in [0.4, 0.5) is 0 Å². The van der Waals surface area contributed by atoms with Crippen LogP contribution in [0.25, 0.3) is 0 Å². The van der Waals surface area contributed by atoms with Gasteiger partial charge in [-0.3, -0.25) is 9.59 Å². The number of nitrogens with two attached hydrogens (primary N) is 1. The minimum absolute atomic E-state index is 0.0632. The molecule has 0 aliphatic rings. The third-order valence-corrected chi connectivity index (χ3v) is 3.06. The Kier molecular flexibility index (Phi) is 7.05. The summed E-state index contributed by atoms with van der Waals surface area (Å²) in [5, 5.41) is 8.87. The molecule has 0 bridgehead atoms. The summed E-state index contributed by atoms with van der Waals surface area (Å²) in [6, 6.07) is -0.307. The van der Waals surface area contributed by atoms with Crippen LogP contribution in [0, 0.1) is 5.41 Å². The third kappa shape index (κ3) is 7.82. The Balaban J connectivity index is 4.59. The number of carboxylic acid groups (broad SMARTS) is 1. The van der Waals surface area contributed by atoms with Crippen molar-refractivity contribution in [2.45, 2.75) is 66.0 Å². The Morgan fingerprint density at radius 2 is 1.84 bits per heavy atom. The van der Waals surface area contributed by atoms with Crippen LogP contribution in [0.2, 0.25) is 0 Å². The lowest BCUT2D eigenvalue weighted by atomic mass is 9.87. The highest BCUT2D eigenvalue weighted by atomic mass is 16.4. The van der Waals surface area contributed by atoms with Crippen LogP contribution in [0.15, 0.2) is 0 Å². The molecular weight excluding hydrogens is 244 g/mol. The average Bonchev–Trinajstić information content (AvgIpc) is 2.21. The number of hydrogen-bond acceptors (Lipinski definition) is 3. The molecule has 5 heteroatoms. The molecule has 2 atom stereocenters. The maximum atomic E-state index is 12.2. The largest absolute Gasteiger partial charge is 0.480 e. The van der Waals surface area contributed by atoms with Gasteiger partial charge in [-0.05, 0) is 25.2 Å². The van der Waals surface area contributed by atoms with Gasteiger partial charge in [0.2, 0.25) is 5.91 Å². The molecule has 0 aromatic carbocycles. The van der Waals surface area contributed by atoms with Gasteiger partial charge in [-0.2, -0.15) is 0 Å². The fourth-order valence-corrected chi connectivity index (χ4v) is 2.06. The van der Waals surface area contributed by atoms with E-state index in [0.29, 0.717) is 0 Å². The van der Waals surface area contributed by atoms with E-state index < -0.39 is 5.97 Å². The predicted molar refractivity (Wildman–Crippen MR) is 75.8 cm³/mol. The lowest BCUT2D eigenvalue weighted by Gasteiger charge is -2.29. The summed E-state index contributed by atoms with van der Waals surface area (Å²) in [7, 11) is 0. The molecule has 19 heavy (non-hydrogen) atoms. The smallest absolute Gasteiger partial charge is 0.323 e. The zero-order valence-corrected chi connectivity index (χ0v) is 12.8. The van der Waals surface area contributed by atoms with Crippen LogP contribution in [0.3, 0.4) is 0 Å². The van der Waals surface area contributed by atoms with Crippen molar-refractivity contribution in [2.24, 2.45) is 11.1 Å². The fourth-order valence-electron chi connectivity index (χ4n) is 2.06. The lowest BCUT2D eigenvalue weighted by molar-refractivity contribution is -0.146. The Bertz CT molecular complexity index is 310. The van der Waals surface area contributed by atoms with Gasteiger partial charge in [0.05, 0.1) is 0 Å². The first-order chi connectivity index (χ1) is 8.56. The lowest BCUT2D eigenvalue weighted by Crippen LogP contribution is -2.44. The van der Waals surface area contributed by atoms with Crippen LogP contribution < -0.4 is 5.73 Å². The summed E-state index contributed by atoms with van der Waals surface area (Å²) < 4.78 is 0. The van der Waals surface area contributed by atoms with Gasteiger partial charge in [0, 0.05) is 18.5 Å². The molecule has 0 heterocycles. The molecule has 0 saturated carbocycles. The molecule has 112 valence electrons. The van der Waals surface area contributed by atoms with Gasteiger partial charge in [0.15, 0.2) is 0 Å². The van der Waals surface area contributed by atoms with Gasteiger partial charge in [0.1, 0.15) is 6.54 Å². The monoisotopic (exact) mass is 272 g/mol. The Morgan fingerprint density at radius 1 is 1.32 bits per heavy atom. The van der Waals surface area contributed by atoms with E-state index in [-0.39, 0.29) is 36.4 Å². The second-order valence-corrected chi connectivity index (χ2v) is 6.40. The van der Waals surface area contributed by atoms with E-state index in [4.69, 9.17) is 10.8 Å². The van der Waals surface area contributed by atoms with Gasteiger partial charge in [0.25, 0.3) is 0 Å². The quantitative estimate of drug-likeness (QED) is 0.741. The van der Waals surface area contributed by atoms with Crippen molar-refractivity contribution in [2.75, 3.05) is 6.54 Å². The van der Waals surface area contributed by atoms with Crippen molar-refractivity contribution in [3.8, 4) is 0 Å². The number of aliphatic carboxylic acids is 1. The SMILES string of the molecule is CCC(C)N(CC(=O)O)C(=O)CC(N)CC(C)(C)C. The second kappa shape index (κ2) is 7.48. The highest BCUT2D eigenvalue weighted by Crippen LogP contribution is 2.21. The van der Waals surface area contributed by atoms with Crippen molar-refractivity contribution in [1.29, 1.82) is 0 Å². The summed E-state index contributed by atoms with van der Waals surface area (Å²) in [5.41, 5.74) is 6.04. The number of hydrogen-bond donors (Lipinski definition) is 2. The molecule has 0 aliphatic heterocycles. The molecule has 5 nitrogen and oxygen atoms in total. The molecule has 2 unspecified atom stereocenters. The minimum atomic E-state index is -0.988. The number of rotatable bonds is 7. The van der Waals surface area contributed by atoms with Gasteiger partial charge in [-0.15, -0.1) is 0 Å². The van der Waals surface area contributed by atoms with E-state index in [9.17, 15) is 9.59 Å². The Labute approximate surface area is 116 Å². The molecule has 3 N–H and O–H groups in total. The molecule has 0 saturated heterocycles. The van der Waals surface area contributed by atoms with Crippen LogP contribution >= 0.6 is 0 Å². The van der Waals surface area contributed by atoms with E-state index in [2.05, 4.69) is 20.8 Å². The van der Waals surface area contributed by atoms with Crippen LogP contribution in [0.1, 0.15) is 53.9 Å². The van der Waals surface area contributed by atoms with Gasteiger partial charge < -0.3 is 15.7 Å². The normalized spacial score (nSPS) is 14.8. The predicted octanol–water partition coefficient (Wildman–Crippen LogP) is 1.85. The Morgan fingerprint density at radius 3 is 2.21 bits per heavy atom. The second-order valence-electron chi connectivity index (χ2n) is 6.40. The molecular formula is C14H28N2O3. The topological polar surface area (TPSA) is 83.6 Å². The van der Waals surface area contributed by atoms with Gasteiger partial charge in [-0.1, -0.05) is 27.7 Å². The van der Waals surface area contributed by atoms with Crippen LogP contribution in [-0.2, 0) is 9.59 Å². The highest BCUT2D eigenvalue weighted by Gasteiger charge is 2.25. The molecule has 0 radical (unpaired) electrons. The molecule has 0 aromatic heterocycles. The van der Waals surface area contributed by atoms with E-state index in [1.54, 1.807) is 0 Å². The molecule has 0 spiro atoms. The number of carboxylic acids is 1.